The summed E-state index contributed by atoms with van der Waals surface area (Å²) in [7, 11) is 0. The van der Waals surface area contributed by atoms with E-state index in [1.807, 2.05) is 38.1 Å². The summed E-state index contributed by atoms with van der Waals surface area (Å²) >= 11 is 0. The Morgan fingerprint density at radius 2 is 2.26 bits per heavy atom. The molecule has 0 aliphatic heterocycles. The quantitative estimate of drug-likeness (QED) is 0.788. The minimum absolute atomic E-state index is 0.0865. The van der Waals surface area contributed by atoms with Crippen molar-refractivity contribution in [3.8, 4) is 5.75 Å². The number of carbonyl (C=O) groups excluding carboxylic acids is 1. The van der Waals surface area contributed by atoms with Crippen molar-refractivity contribution in [2.45, 2.75) is 45.3 Å². The van der Waals surface area contributed by atoms with Crippen LogP contribution in [0.15, 0.2) is 24.3 Å². The molecule has 1 aliphatic rings. The molecule has 0 bridgehead atoms. The van der Waals surface area contributed by atoms with E-state index >= 15 is 0 Å². The monoisotopic (exact) mass is 262 g/mol. The molecule has 4 nitrogen and oxygen atoms in total. The smallest absolute Gasteiger partial charge is 0.237 e. The Kier molecular flexibility index (Phi) is 4.80. The van der Waals surface area contributed by atoms with Crippen LogP contribution < -0.4 is 15.4 Å². The fourth-order valence-corrected chi connectivity index (χ4v) is 1.83. The van der Waals surface area contributed by atoms with Crippen molar-refractivity contribution in [3.63, 3.8) is 0 Å². The number of rotatable bonds is 7. The maximum absolute atomic E-state index is 11.8. The Morgan fingerprint density at radius 1 is 1.47 bits per heavy atom. The second-order valence-corrected chi connectivity index (χ2v) is 4.97. The van der Waals surface area contributed by atoms with Crippen molar-refractivity contribution in [1.29, 1.82) is 0 Å². The number of amides is 1. The van der Waals surface area contributed by atoms with Crippen LogP contribution in [0.1, 0.15) is 32.3 Å². The molecule has 2 rings (SSSR count). The van der Waals surface area contributed by atoms with Gasteiger partial charge in [-0.1, -0.05) is 12.1 Å². The molecule has 1 unspecified atom stereocenters. The first-order valence-corrected chi connectivity index (χ1v) is 6.94. The largest absolute Gasteiger partial charge is 0.494 e. The van der Waals surface area contributed by atoms with Gasteiger partial charge in [-0.3, -0.25) is 4.79 Å². The number of nitrogens with one attached hydrogen (secondary N) is 2. The summed E-state index contributed by atoms with van der Waals surface area (Å²) in [5.74, 6) is 0.959. The van der Waals surface area contributed by atoms with E-state index in [1.54, 1.807) is 0 Å². The van der Waals surface area contributed by atoms with Crippen LogP contribution in [0.5, 0.6) is 5.75 Å². The van der Waals surface area contributed by atoms with Crippen molar-refractivity contribution < 1.29 is 9.53 Å². The number of benzene rings is 1. The number of hydrogen-bond acceptors (Lipinski definition) is 3. The summed E-state index contributed by atoms with van der Waals surface area (Å²) in [6, 6.07) is 8.19. The van der Waals surface area contributed by atoms with Crippen LogP contribution in [0.25, 0.3) is 0 Å². The van der Waals surface area contributed by atoms with Crippen LogP contribution in [0.4, 0.5) is 0 Å². The molecule has 1 aromatic rings. The van der Waals surface area contributed by atoms with E-state index in [0.29, 0.717) is 19.2 Å². The lowest BCUT2D eigenvalue weighted by Gasteiger charge is -2.14. The van der Waals surface area contributed by atoms with E-state index in [9.17, 15) is 4.79 Å². The Balaban J connectivity index is 1.79. The molecular weight excluding hydrogens is 240 g/mol. The molecule has 0 radical (unpaired) electrons. The molecule has 1 atom stereocenters. The summed E-state index contributed by atoms with van der Waals surface area (Å²) in [6.45, 7) is 5.19. The fourth-order valence-electron chi connectivity index (χ4n) is 1.83. The third-order valence-corrected chi connectivity index (χ3v) is 3.14. The Bertz CT molecular complexity index is 430. The summed E-state index contributed by atoms with van der Waals surface area (Å²) in [4.78, 5) is 11.8. The van der Waals surface area contributed by atoms with Gasteiger partial charge in [0.15, 0.2) is 0 Å². The highest BCUT2D eigenvalue weighted by molar-refractivity contribution is 5.81. The first-order valence-electron chi connectivity index (χ1n) is 6.94. The van der Waals surface area contributed by atoms with Gasteiger partial charge in [-0.25, -0.2) is 0 Å². The van der Waals surface area contributed by atoms with Gasteiger partial charge in [0.1, 0.15) is 5.75 Å². The van der Waals surface area contributed by atoms with E-state index in [-0.39, 0.29) is 11.9 Å². The van der Waals surface area contributed by atoms with E-state index < -0.39 is 0 Å². The molecule has 1 aromatic carbocycles. The van der Waals surface area contributed by atoms with Crippen LogP contribution in [-0.4, -0.2) is 24.6 Å². The lowest BCUT2D eigenvalue weighted by atomic mass is 10.2. The summed E-state index contributed by atoms with van der Waals surface area (Å²) < 4.78 is 5.45. The Morgan fingerprint density at radius 3 is 2.95 bits per heavy atom. The highest BCUT2D eigenvalue weighted by Gasteiger charge is 2.25. The highest BCUT2D eigenvalue weighted by Crippen LogP contribution is 2.18. The minimum atomic E-state index is -0.170. The van der Waals surface area contributed by atoms with Crippen molar-refractivity contribution >= 4 is 5.91 Å². The van der Waals surface area contributed by atoms with E-state index in [1.165, 1.54) is 0 Å². The Hall–Kier alpha value is -1.55. The molecule has 4 heteroatoms. The van der Waals surface area contributed by atoms with Crippen LogP contribution >= 0.6 is 0 Å². The maximum atomic E-state index is 11.8. The normalized spacial score (nSPS) is 15.9. The molecule has 19 heavy (non-hydrogen) atoms. The molecule has 0 saturated heterocycles. The molecule has 1 aliphatic carbocycles. The number of hydrogen-bond donors (Lipinski definition) is 2. The predicted octanol–water partition coefficient (Wildman–Crippen LogP) is 1.84. The van der Waals surface area contributed by atoms with Gasteiger partial charge in [0, 0.05) is 12.6 Å². The fraction of sp³-hybridized carbons (Fsp3) is 0.533. The zero-order chi connectivity index (χ0) is 13.7. The van der Waals surface area contributed by atoms with Gasteiger partial charge in [0.2, 0.25) is 5.91 Å². The molecule has 1 saturated carbocycles. The van der Waals surface area contributed by atoms with Gasteiger partial charge >= 0.3 is 0 Å². The second kappa shape index (κ2) is 6.57. The third-order valence-electron chi connectivity index (χ3n) is 3.14. The highest BCUT2D eigenvalue weighted by atomic mass is 16.5. The predicted molar refractivity (Wildman–Crippen MR) is 75.1 cm³/mol. The molecule has 0 heterocycles. The first kappa shape index (κ1) is 13.9. The summed E-state index contributed by atoms with van der Waals surface area (Å²) in [6.07, 6.45) is 2.24. The SMILES string of the molecule is CCOc1cccc(CNC(C)C(=O)NC2CC2)c1. The van der Waals surface area contributed by atoms with E-state index in [4.69, 9.17) is 4.74 Å². The summed E-state index contributed by atoms with van der Waals surface area (Å²) in [5.41, 5.74) is 1.12. The molecule has 0 spiro atoms. The molecule has 1 amide bonds. The third kappa shape index (κ3) is 4.56. The molecule has 0 aromatic heterocycles. The first-order chi connectivity index (χ1) is 9.19. The second-order valence-electron chi connectivity index (χ2n) is 4.97. The zero-order valence-corrected chi connectivity index (χ0v) is 11.6. The van der Waals surface area contributed by atoms with Crippen molar-refractivity contribution in [3.05, 3.63) is 29.8 Å². The zero-order valence-electron chi connectivity index (χ0n) is 11.6. The van der Waals surface area contributed by atoms with Gasteiger partial charge in [0.05, 0.1) is 12.6 Å². The van der Waals surface area contributed by atoms with Crippen molar-refractivity contribution in [2.75, 3.05) is 6.61 Å². The average Bonchev–Trinajstić information content (AvgIpc) is 3.20. The van der Waals surface area contributed by atoms with Gasteiger partial charge in [-0.2, -0.15) is 0 Å². The van der Waals surface area contributed by atoms with E-state index in [2.05, 4.69) is 10.6 Å². The Labute approximate surface area is 114 Å². The molecular formula is C15H22N2O2. The van der Waals surface area contributed by atoms with Crippen LogP contribution in [0.3, 0.4) is 0 Å². The van der Waals surface area contributed by atoms with E-state index in [0.717, 1.165) is 24.2 Å². The van der Waals surface area contributed by atoms with Gasteiger partial charge < -0.3 is 15.4 Å². The lowest BCUT2D eigenvalue weighted by molar-refractivity contribution is -0.122. The van der Waals surface area contributed by atoms with Crippen LogP contribution in [0, 0.1) is 0 Å². The standard InChI is InChI=1S/C15H22N2O2/c1-3-19-14-6-4-5-12(9-14)10-16-11(2)15(18)17-13-7-8-13/h4-6,9,11,13,16H,3,7-8,10H2,1-2H3,(H,17,18). The average molecular weight is 262 g/mol. The van der Waals surface area contributed by atoms with Gasteiger partial charge in [-0.15, -0.1) is 0 Å². The molecule has 1 fully saturated rings. The van der Waals surface area contributed by atoms with Gasteiger partial charge in [-0.05, 0) is 44.4 Å². The molecule has 2 N–H and O–H groups in total. The van der Waals surface area contributed by atoms with Crippen LogP contribution in [0.2, 0.25) is 0 Å². The summed E-state index contributed by atoms with van der Waals surface area (Å²) in [5, 5.41) is 6.23. The van der Waals surface area contributed by atoms with Crippen LogP contribution in [-0.2, 0) is 11.3 Å². The maximum Gasteiger partial charge on any atom is 0.237 e. The number of carbonyl (C=O) groups is 1. The minimum Gasteiger partial charge on any atom is -0.494 e. The number of ether oxygens (including phenoxy) is 1. The van der Waals surface area contributed by atoms with Gasteiger partial charge in [0.25, 0.3) is 0 Å². The topological polar surface area (TPSA) is 50.4 Å². The van der Waals surface area contributed by atoms with Crippen molar-refractivity contribution in [1.82, 2.24) is 10.6 Å². The lowest BCUT2D eigenvalue weighted by Crippen LogP contribution is -2.42. The van der Waals surface area contributed by atoms with Crippen molar-refractivity contribution in [2.24, 2.45) is 0 Å². The molecule has 104 valence electrons.